The van der Waals surface area contributed by atoms with Crippen LogP contribution in [0.15, 0.2) is 41.5 Å². The zero-order valence-corrected chi connectivity index (χ0v) is 10.4. The van der Waals surface area contributed by atoms with Crippen LogP contribution in [-0.2, 0) is 0 Å². The third-order valence-electron chi connectivity index (χ3n) is 3.81. The molecule has 2 aliphatic carbocycles. The summed E-state index contributed by atoms with van der Waals surface area (Å²) in [7, 11) is 0. The first-order valence-corrected chi connectivity index (χ1v) is 6.19. The number of benzene rings is 1. The van der Waals surface area contributed by atoms with E-state index in [4.69, 9.17) is 11.6 Å². The van der Waals surface area contributed by atoms with Gasteiger partial charge in [-0.05, 0) is 37.5 Å². The molecule has 82 valence electrons. The van der Waals surface area contributed by atoms with Crippen molar-refractivity contribution in [3.63, 3.8) is 0 Å². The molecule has 0 spiro atoms. The highest BCUT2D eigenvalue weighted by atomic mass is 35.5. The normalized spacial score (nSPS) is 25.8. The zero-order valence-electron chi connectivity index (χ0n) is 9.63. The molecule has 0 heterocycles. The summed E-state index contributed by atoms with van der Waals surface area (Å²) >= 11 is 6.26. The monoisotopic (exact) mass is 230 g/mol. The number of fused-ring (bicyclic) bond motifs is 4. The van der Waals surface area contributed by atoms with Crippen molar-refractivity contribution in [2.45, 2.75) is 32.1 Å². The molecule has 3 rings (SSSR count). The fourth-order valence-electron chi connectivity index (χ4n) is 3.04. The fraction of sp³-hybridized carbons (Fsp3) is 0.333. The topological polar surface area (TPSA) is 0 Å². The van der Waals surface area contributed by atoms with Gasteiger partial charge in [-0.3, -0.25) is 0 Å². The molecule has 0 fully saturated rings. The number of hydrogen-bond donors (Lipinski definition) is 0. The van der Waals surface area contributed by atoms with Gasteiger partial charge in [0.15, 0.2) is 0 Å². The van der Waals surface area contributed by atoms with Gasteiger partial charge in [0.25, 0.3) is 0 Å². The molecule has 2 aliphatic rings. The van der Waals surface area contributed by atoms with Crippen molar-refractivity contribution in [3.05, 3.63) is 57.6 Å². The van der Waals surface area contributed by atoms with Crippen molar-refractivity contribution in [2.75, 3.05) is 0 Å². The number of halogens is 1. The third-order valence-corrected chi connectivity index (χ3v) is 4.14. The fourth-order valence-corrected chi connectivity index (χ4v) is 3.34. The van der Waals surface area contributed by atoms with Gasteiger partial charge in [0, 0.05) is 16.9 Å². The predicted molar refractivity (Wildman–Crippen MR) is 69.1 cm³/mol. The maximum absolute atomic E-state index is 6.26. The molecule has 0 bridgehead atoms. The molecule has 0 amide bonds. The lowest BCUT2D eigenvalue weighted by atomic mass is 9.61. The van der Waals surface area contributed by atoms with Crippen LogP contribution in [0.4, 0.5) is 0 Å². The Labute approximate surface area is 102 Å². The average Bonchev–Trinajstić information content (AvgIpc) is 2.24. The van der Waals surface area contributed by atoms with Gasteiger partial charge >= 0.3 is 0 Å². The minimum absolute atomic E-state index is 0.530. The molecule has 1 aromatic rings. The Kier molecular flexibility index (Phi) is 2.22. The summed E-state index contributed by atoms with van der Waals surface area (Å²) < 4.78 is 0. The van der Waals surface area contributed by atoms with Crippen LogP contribution in [0.3, 0.4) is 0 Å². The molecule has 0 radical (unpaired) electrons. The second-order valence-corrected chi connectivity index (χ2v) is 5.31. The van der Waals surface area contributed by atoms with Crippen molar-refractivity contribution in [1.29, 1.82) is 0 Å². The Morgan fingerprint density at radius 1 is 1.31 bits per heavy atom. The average molecular weight is 231 g/mol. The molecule has 0 aliphatic heterocycles. The summed E-state index contributed by atoms with van der Waals surface area (Å²) in [4.78, 5) is 0. The van der Waals surface area contributed by atoms with E-state index < -0.39 is 0 Å². The first-order chi connectivity index (χ1) is 7.70. The van der Waals surface area contributed by atoms with E-state index in [2.05, 4.69) is 38.1 Å². The second-order valence-electron chi connectivity index (χ2n) is 4.90. The van der Waals surface area contributed by atoms with Crippen LogP contribution in [0, 0.1) is 0 Å². The van der Waals surface area contributed by atoms with Crippen molar-refractivity contribution in [1.82, 2.24) is 0 Å². The van der Waals surface area contributed by atoms with E-state index in [0.717, 1.165) is 11.4 Å². The number of rotatable bonds is 0. The van der Waals surface area contributed by atoms with Gasteiger partial charge in [-0.2, -0.15) is 0 Å². The lowest BCUT2D eigenvalue weighted by molar-refractivity contribution is 0.580. The van der Waals surface area contributed by atoms with Gasteiger partial charge in [0.05, 0.1) is 0 Å². The van der Waals surface area contributed by atoms with Gasteiger partial charge in [-0.15, -0.1) is 0 Å². The van der Waals surface area contributed by atoms with Crippen molar-refractivity contribution >= 4 is 11.6 Å². The van der Waals surface area contributed by atoms with Crippen LogP contribution >= 0.6 is 11.6 Å². The third kappa shape index (κ3) is 1.23. The smallest absolute Gasteiger partial charge is 0.0447 e. The summed E-state index contributed by atoms with van der Waals surface area (Å²) in [5, 5.41) is 0.929. The molecule has 2 unspecified atom stereocenters. The van der Waals surface area contributed by atoms with Crippen molar-refractivity contribution in [2.24, 2.45) is 0 Å². The van der Waals surface area contributed by atoms with Crippen LogP contribution in [-0.4, -0.2) is 0 Å². The Balaban J connectivity index is 2.17. The summed E-state index contributed by atoms with van der Waals surface area (Å²) in [6, 6.07) is 6.30. The highest BCUT2D eigenvalue weighted by Gasteiger charge is 2.41. The number of allylic oxidation sites excluding steroid dienone is 4. The molecular formula is C15H15Cl. The molecule has 0 N–H and O–H groups in total. The Morgan fingerprint density at radius 3 is 2.88 bits per heavy atom. The van der Waals surface area contributed by atoms with Gasteiger partial charge in [-0.1, -0.05) is 47.0 Å². The highest BCUT2D eigenvalue weighted by molar-refractivity contribution is 6.31. The van der Waals surface area contributed by atoms with Crippen LogP contribution in [0.25, 0.3) is 0 Å². The largest absolute Gasteiger partial charge is 0.0840 e. The molecule has 2 atom stereocenters. The summed E-state index contributed by atoms with van der Waals surface area (Å²) in [6.07, 6.45) is 5.72. The van der Waals surface area contributed by atoms with Gasteiger partial charge in [0.1, 0.15) is 0 Å². The van der Waals surface area contributed by atoms with E-state index in [1.54, 1.807) is 5.57 Å². The molecule has 0 nitrogen and oxygen atoms in total. The molecular weight excluding hydrogens is 216 g/mol. The molecule has 1 aromatic carbocycles. The second kappa shape index (κ2) is 3.49. The van der Waals surface area contributed by atoms with E-state index in [0.29, 0.717) is 11.8 Å². The van der Waals surface area contributed by atoms with Gasteiger partial charge in [-0.25, -0.2) is 0 Å². The van der Waals surface area contributed by atoms with Crippen LogP contribution in [0.2, 0.25) is 5.02 Å². The Bertz CT molecular complexity index is 504. The molecule has 1 heteroatoms. The van der Waals surface area contributed by atoms with Crippen LogP contribution < -0.4 is 0 Å². The number of hydrogen-bond acceptors (Lipinski definition) is 0. The Hall–Kier alpha value is -1.01. The van der Waals surface area contributed by atoms with E-state index in [-0.39, 0.29) is 0 Å². The lowest BCUT2D eigenvalue weighted by Gasteiger charge is -2.43. The SMILES string of the molecule is CC(C)=C1CC=CC2c3c(Cl)cccc3C12. The summed E-state index contributed by atoms with van der Waals surface area (Å²) in [5.74, 6) is 1.13. The van der Waals surface area contributed by atoms with E-state index in [9.17, 15) is 0 Å². The first-order valence-electron chi connectivity index (χ1n) is 5.81. The molecule has 0 aromatic heterocycles. The van der Waals surface area contributed by atoms with Crippen LogP contribution in [0.5, 0.6) is 0 Å². The van der Waals surface area contributed by atoms with Gasteiger partial charge < -0.3 is 0 Å². The van der Waals surface area contributed by atoms with Crippen molar-refractivity contribution in [3.8, 4) is 0 Å². The predicted octanol–water partition coefficient (Wildman–Crippen LogP) is 4.82. The highest BCUT2D eigenvalue weighted by Crippen LogP contribution is 2.57. The van der Waals surface area contributed by atoms with Crippen molar-refractivity contribution < 1.29 is 0 Å². The minimum atomic E-state index is 0.530. The molecule has 0 saturated heterocycles. The maximum Gasteiger partial charge on any atom is 0.0447 e. The Morgan fingerprint density at radius 2 is 2.12 bits per heavy atom. The van der Waals surface area contributed by atoms with Gasteiger partial charge in [0.2, 0.25) is 0 Å². The van der Waals surface area contributed by atoms with E-state index in [1.807, 2.05) is 6.07 Å². The van der Waals surface area contributed by atoms with Crippen LogP contribution in [0.1, 0.15) is 43.2 Å². The summed E-state index contributed by atoms with van der Waals surface area (Å²) in [6.45, 7) is 4.43. The molecule has 16 heavy (non-hydrogen) atoms. The van der Waals surface area contributed by atoms with E-state index >= 15 is 0 Å². The maximum atomic E-state index is 6.26. The van der Waals surface area contributed by atoms with E-state index in [1.165, 1.54) is 16.7 Å². The minimum Gasteiger partial charge on any atom is -0.0840 e. The standard InChI is InChI=1S/C15H15Cl/c1-9(2)10-5-3-6-11-14(10)12-7-4-8-13(16)15(11)12/h3-4,6-8,11,14H,5H2,1-2H3. The zero-order chi connectivity index (χ0) is 11.3. The first kappa shape index (κ1) is 10.2. The quantitative estimate of drug-likeness (QED) is 0.561. The lowest BCUT2D eigenvalue weighted by Crippen LogP contribution is -2.27. The molecule has 0 saturated carbocycles. The summed E-state index contributed by atoms with van der Waals surface area (Å²) in [5.41, 5.74) is 5.84.